The molecule has 1 aliphatic rings. The van der Waals surface area contributed by atoms with E-state index < -0.39 is 34.5 Å². The summed E-state index contributed by atoms with van der Waals surface area (Å²) in [7, 11) is -0.0605. The molecule has 9 nitrogen and oxygen atoms in total. The minimum Gasteiger partial charge on any atom is -0.497 e. The van der Waals surface area contributed by atoms with Crippen LogP contribution in [0.5, 0.6) is 5.75 Å². The maximum Gasteiger partial charge on any atom is 0.304 e. The summed E-state index contributed by atoms with van der Waals surface area (Å²) in [5, 5.41) is 3.06. The zero-order chi connectivity index (χ0) is 27.9. The van der Waals surface area contributed by atoms with Gasteiger partial charge >= 0.3 is 10.2 Å². The Morgan fingerprint density at radius 3 is 2.26 bits per heavy atom. The number of rotatable bonds is 12. The van der Waals surface area contributed by atoms with Gasteiger partial charge in [0.2, 0.25) is 11.8 Å². The van der Waals surface area contributed by atoms with Gasteiger partial charge in [0.05, 0.1) is 12.8 Å². The molecule has 2 amide bonds. The Balaban J connectivity index is 1.97. The molecule has 1 fully saturated rings. The molecule has 0 spiro atoms. The third-order valence-electron chi connectivity index (χ3n) is 6.74. The summed E-state index contributed by atoms with van der Waals surface area (Å²) in [6.45, 7) is 1.19. The summed E-state index contributed by atoms with van der Waals surface area (Å²) in [4.78, 5) is 28.6. The van der Waals surface area contributed by atoms with Crippen molar-refractivity contribution in [3.63, 3.8) is 0 Å². The van der Waals surface area contributed by atoms with E-state index in [-0.39, 0.29) is 24.2 Å². The number of anilines is 1. The highest BCUT2D eigenvalue weighted by Crippen LogP contribution is 2.25. The van der Waals surface area contributed by atoms with Gasteiger partial charge in [-0.25, -0.2) is 8.70 Å². The van der Waals surface area contributed by atoms with Crippen molar-refractivity contribution < 1.29 is 27.1 Å². The number of carbonyl (C=O) groups excluding carboxylic acids is 2. The number of benzene rings is 2. The summed E-state index contributed by atoms with van der Waals surface area (Å²) < 4.78 is 48.0. The number of nitrogens with one attached hydrogen (secondary N) is 1. The van der Waals surface area contributed by atoms with E-state index in [9.17, 15) is 22.4 Å². The van der Waals surface area contributed by atoms with Gasteiger partial charge in [-0.1, -0.05) is 44.0 Å². The molecule has 208 valence electrons. The van der Waals surface area contributed by atoms with Crippen LogP contribution in [0.4, 0.5) is 10.1 Å². The Hall–Kier alpha value is -3.18. The number of para-hydroxylation sites is 1. The molecule has 0 bridgehead atoms. The molecule has 2 aromatic rings. The Kier molecular flexibility index (Phi) is 10.1. The summed E-state index contributed by atoms with van der Waals surface area (Å²) in [5.41, 5.74) is 0.488. The van der Waals surface area contributed by atoms with Crippen LogP contribution >= 0.6 is 0 Å². The van der Waals surface area contributed by atoms with E-state index >= 15 is 0 Å². The van der Waals surface area contributed by atoms with E-state index in [2.05, 4.69) is 5.32 Å². The SMILES string of the molecule is CC[C@@H](C(=O)NC1CCCC1)N(Cc1ccc(OC)cc1)C(=O)CN(c1ccccc1F)S(=O)(=O)N(C)C. The number of ether oxygens (including phenoxy) is 1. The normalized spacial score (nSPS) is 14.8. The van der Waals surface area contributed by atoms with Gasteiger partial charge in [0.25, 0.3) is 0 Å². The highest BCUT2D eigenvalue weighted by Gasteiger charge is 2.35. The Labute approximate surface area is 224 Å². The second-order valence-electron chi connectivity index (χ2n) is 9.53. The van der Waals surface area contributed by atoms with Crippen molar-refractivity contribution in [2.75, 3.05) is 32.1 Å². The lowest BCUT2D eigenvalue weighted by atomic mass is 10.1. The fourth-order valence-electron chi connectivity index (χ4n) is 4.57. The highest BCUT2D eigenvalue weighted by molar-refractivity contribution is 7.90. The Morgan fingerprint density at radius 2 is 1.71 bits per heavy atom. The molecule has 3 rings (SSSR count). The molecule has 11 heteroatoms. The van der Waals surface area contributed by atoms with Gasteiger partial charge in [-0.15, -0.1) is 0 Å². The molecular formula is C27H37FN4O5S. The molecule has 0 radical (unpaired) electrons. The van der Waals surface area contributed by atoms with E-state index in [1.54, 1.807) is 38.3 Å². The molecule has 2 aromatic carbocycles. The Morgan fingerprint density at radius 1 is 1.08 bits per heavy atom. The van der Waals surface area contributed by atoms with Crippen LogP contribution in [-0.2, 0) is 26.3 Å². The van der Waals surface area contributed by atoms with Crippen LogP contribution in [0.1, 0.15) is 44.6 Å². The van der Waals surface area contributed by atoms with Gasteiger partial charge in [0, 0.05) is 26.7 Å². The number of halogens is 1. The fourth-order valence-corrected chi connectivity index (χ4v) is 5.63. The second-order valence-corrected chi connectivity index (χ2v) is 11.6. The largest absolute Gasteiger partial charge is 0.497 e. The van der Waals surface area contributed by atoms with Crippen LogP contribution in [0.25, 0.3) is 0 Å². The molecule has 38 heavy (non-hydrogen) atoms. The maximum absolute atomic E-state index is 14.8. The smallest absolute Gasteiger partial charge is 0.304 e. The number of methoxy groups -OCH3 is 1. The average molecular weight is 549 g/mol. The third-order valence-corrected chi connectivity index (χ3v) is 8.55. The van der Waals surface area contributed by atoms with Gasteiger partial charge in [0.1, 0.15) is 24.2 Å². The zero-order valence-electron chi connectivity index (χ0n) is 22.4. The van der Waals surface area contributed by atoms with Crippen molar-refractivity contribution in [2.24, 2.45) is 0 Å². The van der Waals surface area contributed by atoms with Crippen molar-refractivity contribution in [3.05, 3.63) is 59.9 Å². The number of hydrogen-bond donors (Lipinski definition) is 1. The van der Waals surface area contributed by atoms with Crippen LogP contribution in [0, 0.1) is 5.82 Å². The maximum atomic E-state index is 14.8. The van der Waals surface area contributed by atoms with E-state index in [1.807, 2.05) is 0 Å². The molecule has 0 heterocycles. The molecule has 1 saturated carbocycles. The highest BCUT2D eigenvalue weighted by atomic mass is 32.2. The van der Waals surface area contributed by atoms with E-state index in [0.29, 0.717) is 12.2 Å². The first-order valence-corrected chi connectivity index (χ1v) is 14.2. The van der Waals surface area contributed by atoms with Crippen molar-refractivity contribution in [1.29, 1.82) is 0 Å². The van der Waals surface area contributed by atoms with Crippen LogP contribution in [0.15, 0.2) is 48.5 Å². The van der Waals surface area contributed by atoms with Crippen molar-refractivity contribution >= 4 is 27.7 Å². The molecule has 1 atom stereocenters. The van der Waals surface area contributed by atoms with Crippen molar-refractivity contribution in [1.82, 2.24) is 14.5 Å². The topological polar surface area (TPSA) is 99.3 Å². The molecule has 0 unspecified atom stereocenters. The minimum absolute atomic E-state index is 0.0542. The molecule has 1 aliphatic carbocycles. The van der Waals surface area contributed by atoms with Gasteiger partial charge < -0.3 is 15.0 Å². The Bertz CT molecular complexity index is 1200. The lowest BCUT2D eigenvalue weighted by Gasteiger charge is -2.34. The summed E-state index contributed by atoms with van der Waals surface area (Å²) >= 11 is 0. The van der Waals surface area contributed by atoms with Gasteiger partial charge in [-0.05, 0) is 49.1 Å². The average Bonchev–Trinajstić information content (AvgIpc) is 3.40. The summed E-state index contributed by atoms with van der Waals surface area (Å²) in [5.74, 6) is -1.05. The van der Waals surface area contributed by atoms with E-state index in [1.165, 1.54) is 37.2 Å². The number of hydrogen-bond acceptors (Lipinski definition) is 5. The third kappa shape index (κ3) is 7.02. The minimum atomic E-state index is -4.23. The predicted molar refractivity (Wildman–Crippen MR) is 144 cm³/mol. The van der Waals surface area contributed by atoms with Crippen LogP contribution in [-0.4, -0.2) is 69.3 Å². The van der Waals surface area contributed by atoms with Gasteiger partial charge in [-0.2, -0.15) is 12.7 Å². The monoisotopic (exact) mass is 548 g/mol. The summed E-state index contributed by atoms with van der Waals surface area (Å²) in [6, 6.07) is 11.7. The lowest BCUT2D eigenvalue weighted by molar-refractivity contribution is -0.140. The van der Waals surface area contributed by atoms with E-state index in [4.69, 9.17) is 4.74 Å². The quantitative estimate of drug-likeness (QED) is 0.439. The van der Waals surface area contributed by atoms with E-state index in [0.717, 1.165) is 45.9 Å². The molecule has 0 aromatic heterocycles. The molecular weight excluding hydrogens is 511 g/mol. The zero-order valence-corrected chi connectivity index (χ0v) is 23.2. The summed E-state index contributed by atoms with van der Waals surface area (Å²) in [6.07, 6.45) is 4.17. The second kappa shape index (κ2) is 13.1. The molecule has 0 saturated heterocycles. The van der Waals surface area contributed by atoms with Crippen molar-refractivity contribution in [2.45, 2.75) is 57.7 Å². The fraction of sp³-hybridized carbons (Fsp3) is 0.481. The molecule has 0 aliphatic heterocycles. The standard InChI is InChI=1S/C27H37FN4O5S/c1-5-24(27(34)29-21-10-6-7-11-21)31(18-20-14-16-22(37-4)17-15-20)26(33)19-32(38(35,36)30(2)3)25-13-9-8-12-23(25)28/h8-9,12-17,21,24H,5-7,10-11,18-19H2,1-4H3,(H,29,34)/t24-/m0/s1. The first-order valence-electron chi connectivity index (χ1n) is 12.8. The predicted octanol–water partition coefficient (Wildman–Crippen LogP) is 3.31. The van der Waals surface area contributed by atoms with Crippen LogP contribution in [0.2, 0.25) is 0 Å². The number of carbonyl (C=O) groups is 2. The van der Waals surface area contributed by atoms with Gasteiger partial charge in [0.15, 0.2) is 0 Å². The number of nitrogens with zero attached hydrogens (tertiary/aromatic N) is 3. The number of amides is 2. The lowest BCUT2D eigenvalue weighted by Crippen LogP contribution is -2.54. The van der Waals surface area contributed by atoms with Crippen LogP contribution < -0.4 is 14.4 Å². The van der Waals surface area contributed by atoms with Gasteiger partial charge in [-0.3, -0.25) is 9.59 Å². The first kappa shape index (κ1) is 29.4. The van der Waals surface area contributed by atoms with Crippen LogP contribution in [0.3, 0.4) is 0 Å². The first-order chi connectivity index (χ1) is 18.1. The van der Waals surface area contributed by atoms with Crippen molar-refractivity contribution in [3.8, 4) is 5.75 Å². The molecule has 1 N–H and O–H groups in total.